The second-order valence-corrected chi connectivity index (χ2v) is 17.2. The Morgan fingerprint density at radius 2 is 1.32 bits per heavy atom. The zero-order chi connectivity index (χ0) is 35.2. The summed E-state index contributed by atoms with van der Waals surface area (Å²) in [6, 6.07) is 40.7. The van der Waals surface area contributed by atoms with Gasteiger partial charge in [0.15, 0.2) is 0 Å². The van der Waals surface area contributed by atoms with Crippen LogP contribution in [0.3, 0.4) is 0 Å². The maximum absolute atomic E-state index is 6.96. The Hall–Kier alpha value is -5.48. The average Bonchev–Trinajstić information content (AvgIpc) is 3.93. The number of benzene rings is 5. The van der Waals surface area contributed by atoms with Crippen LogP contribution >= 0.6 is 22.7 Å². The molecular formula is C50H36OS2. The molecule has 3 aliphatic rings. The van der Waals surface area contributed by atoms with E-state index in [-0.39, 0.29) is 11.8 Å². The summed E-state index contributed by atoms with van der Waals surface area (Å²) in [4.78, 5) is 5.37. The molecule has 5 aromatic carbocycles. The number of aryl methyl sites for hydroxylation is 2. The Balaban J connectivity index is 1.12. The van der Waals surface area contributed by atoms with Crippen LogP contribution in [-0.2, 0) is 0 Å². The van der Waals surface area contributed by atoms with Gasteiger partial charge in [-0.25, -0.2) is 0 Å². The lowest BCUT2D eigenvalue weighted by atomic mass is 9.65. The van der Waals surface area contributed by atoms with E-state index in [1.165, 1.54) is 96.4 Å². The summed E-state index contributed by atoms with van der Waals surface area (Å²) in [6.45, 7) is 4.41. The van der Waals surface area contributed by atoms with E-state index in [1.54, 1.807) is 0 Å². The van der Waals surface area contributed by atoms with Crippen LogP contribution in [0.2, 0.25) is 0 Å². The molecule has 0 fully saturated rings. The molecule has 53 heavy (non-hydrogen) atoms. The SMILES string of the molecule is Cc1ccc(C2=C3C=CC=CC3C(c3cccc4c3oc3ccc(-c5c6ccccc6c(-c6ccc(C)s6)c6ccccc56)cc34)C3=C2C=CCC3)s1. The first-order chi connectivity index (χ1) is 26.1. The zero-order valence-electron chi connectivity index (χ0n) is 29.7. The standard InChI is InChI=1S/C50H36OS2/c1-29-22-26-44(52-29)48-36-16-7-3-12-32(36)46(33-13-4-8-17-37(33)48)31-24-25-43-42(28-31)40-20-11-21-41(50(40)51-43)47-34-14-5-9-18-38(34)49(45-27-23-30(2)53-45)39-19-10-6-15-35(39)47/h3-5,7-14,16-28,34,47H,6,15H2,1-2H3. The minimum absolute atomic E-state index is 0.209. The Labute approximate surface area is 317 Å². The first kappa shape index (κ1) is 31.1. The molecule has 3 aliphatic carbocycles. The minimum atomic E-state index is 0.209. The molecule has 1 nitrogen and oxygen atoms in total. The highest BCUT2D eigenvalue weighted by Gasteiger charge is 2.38. The van der Waals surface area contributed by atoms with E-state index < -0.39 is 0 Å². The fourth-order valence-electron chi connectivity index (χ4n) is 9.44. The van der Waals surface area contributed by atoms with Crippen molar-refractivity contribution >= 4 is 71.7 Å². The van der Waals surface area contributed by atoms with Crippen molar-refractivity contribution in [3.63, 3.8) is 0 Å². The fraction of sp³-hybridized carbons (Fsp3) is 0.120. The fourth-order valence-corrected chi connectivity index (χ4v) is 11.3. The molecular weight excluding hydrogens is 681 g/mol. The van der Waals surface area contributed by atoms with Crippen molar-refractivity contribution in [1.29, 1.82) is 0 Å². The van der Waals surface area contributed by atoms with Crippen LogP contribution in [0.5, 0.6) is 0 Å². The highest BCUT2D eigenvalue weighted by atomic mass is 32.1. The second-order valence-electron chi connectivity index (χ2n) is 14.7. The van der Waals surface area contributed by atoms with Crippen LogP contribution < -0.4 is 0 Å². The first-order valence-corrected chi connectivity index (χ1v) is 20.3. The predicted molar refractivity (Wildman–Crippen MR) is 228 cm³/mol. The first-order valence-electron chi connectivity index (χ1n) is 18.6. The Bertz CT molecular complexity index is 2930. The summed E-state index contributed by atoms with van der Waals surface area (Å²) < 4.78 is 6.96. The summed E-state index contributed by atoms with van der Waals surface area (Å²) in [5.74, 6) is 0.460. The lowest BCUT2D eigenvalue weighted by Gasteiger charge is -2.38. The summed E-state index contributed by atoms with van der Waals surface area (Å²) in [5.41, 5.74) is 12.8. The van der Waals surface area contributed by atoms with Crippen molar-refractivity contribution in [1.82, 2.24) is 0 Å². The van der Waals surface area contributed by atoms with Gasteiger partial charge < -0.3 is 4.42 Å². The summed E-state index contributed by atoms with van der Waals surface area (Å²) >= 11 is 3.78. The number of furan rings is 1. The highest BCUT2D eigenvalue weighted by molar-refractivity contribution is 7.15. The number of thiophene rings is 2. The lowest BCUT2D eigenvalue weighted by Crippen LogP contribution is -2.24. The van der Waals surface area contributed by atoms with E-state index in [2.05, 4.69) is 159 Å². The van der Waals surface area contributed by atoms with Gasteiger partial charge in [0.2, 0.25) is 0 Å². The van der Waals surface area contributed by atoms with Crippen LogP contribution in [0.15, 0.2) is 167 Å². The average molecular weight is 717 g/mol. The Morgan fingerprint density at radius 1 is 0.623 bits per heavy atom. The van der Waals surface area contributed by atoms with Crippen molar-refractivity contribution in [3.05, 3.63) is 183 Å². The maximum atomic E-state index is 6.96. The molecule has 0 spiro atoms. The van der Waals surface area contributed by atoms with Crippen molar-refractivity contribution < 1.29 is 4.42 Å². The van der Waals surface area contributed by atoms with Crippen LogP contribution in [0, 0.1) is 19.8 Å². The molecule has 8 aromatic rings. The monoisotopic (exact) mass is 716 g/mol. The molecule has 0 bridgehead atoms. The van der Waals surface area contributed by atoms with Gasteiger partial charge in [0, 0.05) is 58.8 Å². The van der Waals surface area contributed by atoms with Gasteiger partial charge in [-0.3, -0.25) is 0 Å². The predicted octanol–water partition coefficient (Wildman–Crippen LogP) is 14.9. The van der Waals surface area contributed by atoms with E-state index in [0.717, 1.165) is 24.0 Å². The number of allylic oxidation sites excluding steroid dienone is 10. The number of rotatable bonds is 4. The lowest BCUT2D eigenvalue weighted by molar-refractivity contribution is 0.593. The van der Waals surface area contributed by atoms with E-state index >= 15 is 0 Å². The zero-order valence-corrected chi connectivity index (χ0v) is 31.3. The number of hydrogen-bond acceptors (Lipinski definition) is 3. The van der Waals surface area contributed by atoms with Crippen molar-refractivity contribution in [3.8, 4) is 21.6 Å². The van der Waals surface area contributed by atoms with E-state index in [9.17, 15) is 0 Å². The van der Waals surface area contributed by atoms with E-state index in [0.29, 0.717) is 0 Å². The van der Waals surface area contributed by atoms with Gasteiger partial charge in [0.05, 0.1) is 0 Å². The third-order valence-electron chi connectivity index (χ3n) is 11.6. The quantitative estimate of drug-likeness (QED) is 0.165. The minimum Gasteiger partial charge on any atom is -0.456 e. The molecule has 0 radical (unpaired) electrons. The van der Waals surface area contributed by atoms with Gasteiger partial charge >= 0.3 is 0 Å². The molecule has 0 N–H and O–H groups in total. The second kappa shape index (κ2) is 12.0. The van der Waals surface area contributed by atoms with Gasteiger partial charge in [-0.05, 0) is 107 Å². The van der Waals surface area contributed by atoms with Gasteiger partial charge in [0.1, 0.15) is 11.2 Å². The molecule has 3 aromatic heterocycles. The third-order valence-corrected chi connectivity index (χ3v) is 13.7. The molecule has 3 heteroatoms. The topological polar surface area (TPSA) is 13.1 Å². The highest BCUT2D eigenvalue weighted by Crippen LogP contribution is 2.55. The van der Waals surface area contributed by atoms with E-state index in [4.69, 9.17) is 4.42 Å². The smallest absolute Gasteiger partial charge is 0.139 e. The Kier molecular flexibility index (Phi) is 7.05. The van der Waals surface area contributed by atoms with Gasteiger partial charge in [-0.1, -0.05) is 115 Å². The van der Waals surface area contributed by atoms with Gasteiger partial charge in [-0.15, -0.1) is 22.7 Å². The molecule has 254 valence electrons. The molecule has 0 aliphatic heterocycles. The molecule has 0 saturated carbocycles. The van der Waals surface area contributed by atoms with Crippen molar-refractivity contribution in [2.45, 2.75) is 32.6 Å². The van der Waals surface area contributed by atoms with Crippen LogP contribution in [0.1, 0.15) is 39.0 Å². The van der Waals surface area contributed by atoms with Crippen molar-refractivity contribution in [2.75, 3.05) is 0 Å². The molecule has 2 unspecified atom stereocenters. The summed E-state index contributed by atoms with van der Waals surface area (Å²) in [6.07, 6.45) is 16.1. The number of hydrogen-bond donors (Lipinski definition) is 0. The molecule has 0 amide bonds. The van der Waals surface area contributed by atoms with Gasteiger partial charge in [0.25, 0.3) is 0 Å². The van der Waals surface area contributed by atoms with E-state index in [1.807, 2.05) is 22.7 Å². The normalized spacial score (nSPS) is 18.2. The Morgan fingerprint density at radius 3 is 2.04 bits per heavy atom. The number of fused-ring (bicyclic) bond motifs is 6. The largest absolute Gasteiger partial charge is 0.456 e. The van der Waals surface area contributed by atoms with Gasteiger partial charge in [-0.2, -0.15) is 0 Å². The third kappa shape index (κ3) is 4.74. The maximum Gasteiger partial charge on any atom is 0.139 e. The van der Waals surface area contributed by atoms with Crippen LogP contribution in [0.4, 0.5) is 0 Å². The summed E-state index contributed by atoms with van der Waals surface area (Å²) in [5, 5.41) is 7.50. The number of para-hydroxylation sites is 1. The van der Waals surface area contributed by atoms with Crippen LogP contribution in [0.25, 0.3) is 70.6 Å². The summed E-state index contributed by atoms with van der Waals surface area (Å²) in [7, 11) is 0. The molecule has 11 rings (SSSR count). The van der Waals surface area contributed by atoms with Crippen molar-refractivity contribution in [2.24, 2.45) is 5.92 Å². The molecule has 3 heterocycles. The molecule has 2 atom stereocenters. The van der Waals surface area contributed by atoms with Crippen LogP contribution in [-0.4, -0.2) is 0 Å². The molecule has 0 saturated heterocycles.